The Morgan fingerprint density at radius 1 is 1.20 bits per heavy atom. The second-order valence-electron chi connectivity index (χ2n) is 10.5. The first-order valence-corrected chi connectivity index (χ1v) is 12.6. The average molecular weight is 476 g/mol. The summed E-state index contributed by atoms with van der Waals surface area (Å²) in [6.07, 6.45) is 11.3. The molecule has 1 aromatic rings. The monoisotopic (exact) mass is 475 g/mol. The number of rotatable bonds is 8. The molecule has 0 atom stereocenters. The lowest BCUT2D eigenvalue weighted by atomic mass is 9.75. The summed E-state index contributed by atoms with van der Waals surface area (Å²) in [5.74, 6) is -0.135. The molecule has 0 aromatic heterocycles. The first-order valence-electron chi connectivity index (χ1n) is 12.6. The minimum Gasteiger partial charge on any atom is -0.383 e. The van der Waals surface area contributed by atoms with Crippen molar-refractivity contribution in [2.45, 2.75) is 57.9 Å². The fourth-order valence-corrected chi connectivity index (χ4v) is 5.17. The maximum Gasteiger partial charge on any atom is 0.250 e. The lowest BCUT2D eigenvalue weighted by molar-refractivity contribution is -0.112. The number of hydrogen-bond donors (Lipinski definition) is 2. The van der Waals surface area contributed by atoms with Gasteiger partial charge in [0, 0.05) is 49.2 Å². The van der Waals surface area contributed by atoms with Crippen LogP contribution in [0.25, 0.3) is 10.4 Å². The topological polar surface area (TPSA) is 64.0 Å². The number of carbonyl (C=O) groups excluding carboxylic acids is 1. The number of ether oxygens (including phenoxy) is 2. The predicted molar refractivity (Wildman–Crippen MR) is 140 cm³/mol. The van der Waals surface area contributed by atoms with Crippen LogP contribution in [0.1, 0.15) is 63.5 Å². The van der Waals surface area contributed by atoms with Crippen LogP contribution in [0.15, 0.2) is 47.7 Å². The molecule has 1 saturated heterocycles. The van der Waals surface area contributed by atoms with E-state index in [9.17, 15) is 4.79 Å². The molecular formula is C29H37N3O3. The lowest BCUT2D eigenvalue weighted by Gasteiger charge is -2.39. The Morgan fingerprint density at radius 3 is 2.66 bits per heavy atom. The third kappa shape index (κ3) is 5.92. The number of nitrogens with one attached hydrogen (secondary N) is 2. The van der Waals surface area contributed by atoms with Crippen molar-refractivity contribution in [2.24, 2.45) is 5.41 Å². The quantitative estimate of drug-likeness (QED) is 0.380. The zero-order chi connectivity index (χ0) is 24.9. The molecule has 0 saturated carbocycles. The zero-order valence-corrected chi connectivity index (χ0v) is 21.2. The smallest absolute Gasteiger partial charge is 0.250 e. The molecule has 1 heterocycles. The van der Waals surface area contributed by atoms with E-state index >= 15 is 0 Å². The second kappa shape index (κ2) is 10.9. The fraction of sp³-hybridized carbons (Fsp3) is 0.517. The number of methoxy groups -OCH3 is 1. The number of anilines is 1. The summed E-state index contributed by atoms with van der Waals surface area (Å²) >= 11 is 0. The van der Waals surface area contributed by atoms with Gasteiger partial charge in [0.25, 0.3) is 5.91 Å². The van der Waals surface area contributed by atoms with Crippen LogP contribution in [0.3, 0.4) is 0 Å². The van der Waals surface area contributed by atoms with Crippen LogP contribution in [-0.2, 0) is 19.8 Å². The second-order valence-corrected chi connectivity index (χ2v) is 10.5. The molecule has 1 aromatic carbocycles. The normalized spacial score (nSPS) is 20.9. The highest BCUT2D eigenvalue weighted by molar-refractivity contribution is 6.06. The Labute approximate surface area is 209 Å². The van der Waals surface area contributed by atoms with Gasteiger partial charge in [-0.25, -0.2) is 4.85 Å². The Balaban J connectivity index is 1.68. The minimum absolute atomic E-state index is 0.135. The van der Waals surface area contributed by atoms with E-state index in [4.69, 9.17) is 16.0 Å². The van der Waals surface area contributed by atoms with E-state index < -0.39 is 0 Å². The SMILES string of the molecule is [C-]#[N+]C1=CCC(C(=O)Nc2ccc(C3(NCCOC)CCOCC3)cc2C2=CCC(C)(C)CC2)=C1. The van der Waals surface area contributed by atoms with Crippen LogP contribution in [0.2, 0.25) is 0 Å². The molecule has 35 heavy (non-hydrogen) atoms. The van der Waals surface area contributed by atoms with Crippen LogP contribution in [0, 0.1) is 12.0 Å². The number of benzene rings is 1. The molecule has 1 fully saturated rings. The molecule has 6 nitrogen and oxygen atoms in total. The highest BCUT2D eigenvalue weighted by Crippen LogP contribution is 2.42. The summed E-state index contributed by atoms with van der Waals surface area (Å²) in [4.78, 5) is 16.5. The molecule has 1 amide bonds. The summed E-state index contributed by atoms with van der Waals surface area (Å²) < 4.78 is 11.0. The summed E-state index contributed by atoms with van der Waals surface area (Å²) in [7, 11) is 1.72. The summed E-state index contributed by atoms with van der Waals surface area (Å²) in [6, 6.07) is 6.47. The fourth-order valence-electron chi connectivity index (χ4n) is 5.17. The Morgan fingerprint density at radius 2 is 2.00 bits per heavy atom. The maximum atomic E-state index is 13.1. The number of allylic oxidation sites excluding steroid dienone is 4. The van der Waals surface area contributed by atoms with Crippen LogP contribution in [-0.4, -0.2) is 39.4 Å². The first-order chi connectivity index (χ1) is 16.9. The molecule has 0 radical (unpaired) electrons. The molecule has 6 heteroatoms. The highest BCUT2D eigenvalue weighted by Gasteiger charge is 2.35. The van der Waals surface area contributed by atoms with Crippen molar-refractivity contribution in [3.63, 3.8) is 0 Å². The highest BCUT2D eigenvalue weighted by atomic mass is 16.5. The van der Waals surface area contributed by atoms with Crippen LogP contribution in [0.5, 0.6) is 0 Å². The van der Waals surface area contributed by atoms with Gasteiger partial charge in [-0.05, 0) is 73.3 Å². The van der Waals surface area contributed by atoms with E-state index in [1.54, 1.807) is 19.3 Å². The Kier molecular flexibility index (Phi) is 7.91. The third-order valence-corrected chi connectivity index (χ3v) is 7.53. The van der Waals surface area contributed by atoms with Crippen molar-refractivity contribution in [1.82, 2.24) is 5.32 Å². The predicted octanol–water partition coefficient (Wildman–Crippen LogP) is 5.59. The average Bonchev–Trinajstić information content (AvgIpc) is 3.35. The van der Waals surface area contributed by atoms with Gasteiger partial charge in [-0.15, -0.1) is 0 Å². The van der Waals surface area contributed by atoms with Crippen molar-refractivity contribution in [2.75, 3.05) is 38.8 Å². The van der Waals surface area contributed by atoms with Gasteiger partial charge < -0.3 is 20.1 Å². The van der Waals surface area contributed by atoms with Crippen LogP contribution in [0.4, 0.5) is 5.69 Å². The van der Waals surface area contributed by atoms with Gasteiger partial charge in [0.2, 0.25) is 0 Å². The molecule has 2 aliphatic carbocycles. The van der Waals surface area contributed by atoms with Crippen molar-refractivity contribution in [1.29, 1.82) is 0 Å². The maximum absolute atomic E-state index is 13.1. The van der Waals surface area contributed by atoms with Gasteiger partial charge in [-0.1, -0.05) is 32.1 Å². The molecule has 0 unspecified atom stereocenters. The summed E-state index contributed by atoms with van der Waals surface area (Å²) in [5, 5.41) is 6.92. The Bertz CT molecular complexity index is 1080. The molecular weight excluding hydrogens is 438 g/mol. The van der Waals surface area contributed by atoms with Crippen LogP contribution < -0.4 is 10.6 Å². The number of nitrogens with zero attached hydrogens (tertiary/aromatic N) is 1. The van der Waals surface area contributed by atoms with Crippen molar-refractivity contribution < 1.29 is 14.3 Å². The van der Waals surface area contributed by atoms with Gasteiger partial charge in [-0.2, -0.15) is 0 Å². The standard InChI is InChI=1S/C29H37N3O3/c1-28(2)11-9-21(10-12-28)25-20-23(29(31-15-18-34-4)13-16-35-17-14-29)6-8-26(25)32-27(33)22-5-7-24(19-22)30-3/h6-9,19-20,31H,5,10-18H2,1-2,4H3,(H,32,33). The molecule has 186 valence electrons. The van der Waals surface area contributed by atoms with E-state index in [0.29, 0.717) is 29.7 Å². The largest absolute Gasteiger partial charge is 0.383 e. The first kappa shape index (κ1) is 25.4. The van der Waals surface area contributed by atoms with E-state index in [1.807, 2.05) is 0 Å². The van der Waals surface area contributed by atoms with Crippen molar-refractivity contribution in [3.8, 4) is 0 Å². The van der Waals surface area contributed by atoms with E-state index in [-0.39, 0.29) is 11.4 Å². The third-order valence-electron chi connectivity index (χ3n) is 7.53. The number of hydrogen-bond acceptors (Lipinski definition) is 4. The lowest BCUT2D eigenvalue weighted by Crippen LogP contribution is -2.48. The molecule has 1 aliphatic heterocycles. The van der Waals surface area contributed by atoms with E-state index in [0.717, 1.165) is 63.1 Å². The van der Waals surface area contributed by atoms with Gasteiger partial charge >= 0.3 is 0 Å². The molecule has 0 bridgehead atoms. The zero-order valence-electron chi connectivity index (χ0n) is 21.2. The molecule has 0 spiro atoms. The van der Waals surface area contributed by atoms with E-state index in [2.05, 4.69) is 53.6 Å². The van der Waals surface area contributed by atoms with Crippen molar-refractivity contribution >= 4 is 17.2 Å². The van der Waals surface area contributed by atoms with Gasteiger partial charge in [0.15, 0.2) is 5.70 Å². The van der Waals surface area contributed by atoms with Crippen LogP contribution >= 0.6 is 0 Å². The molecule has 4 rings (SSSR count). The van der Waals surface area contributed by atoms with Crippen molar-refractivity contribution in [3.05, 3.63) is 70.2 Å². The molecule has 3 aliphatic rings. The van der Waals surface area contributed by atoms with Gasteiger partial charge in [-0.3, -0.25) is 4.79 Å². The molecule has 2 N–H and O–H groups in total. The summed E-state index contributed by atoms with van der Waals surface area (Å²) in [6.45, 7) is 14.7. The van der Waals surface area contributed by atoms with E-state index in [1.165, 1.54) is 11.1 Å². The van der Waals surface area contributed by atoms with Gasteiger partial charge in [0.1, 0.15) is 0 Å². The Hall–Kier alpha value is -2.72. The minimum atomic E-state index is -0.176. The number of amides is 1. The van der Waals surface area contributed by atoms with Gasteiger partial charge in [0.05, 0.1) is 13.2 Å². The number of carbonyl (C=O) groups is 1. The summed E-state index contributed by atoms with van der Waals surface area (Å²) in [5.41, 5.74) is 5.74.